The van der Waals surface area contributed by atoms with E-state index < -0.39 is 0 Å². The zero-order chi connectivity index (χ0) is 13.7. The molecule has 2 aromatic rings. The topological polar surface area (TPSA) is 34.1 Å². The van der Waals surface area contributed by atoms with Crippen molar-refractivity contribution >= 4 is 21.7 Å². The van der Waals surface area contributed by atoms with Crippen LogP contribution < -0.4 is 10.1 Å². The molecule has 0 atom stereocenters. The molecule has 1 aromatic carbocycles. The van der Waals surface area contributed by atoms with Crippen LogP contribution >= 0.6 is 15.9 Å². The van der Waals surface area contributed by atoms with Crippen LogP contribution in [0.2, 0.25) is 0 Å². The first-order valence-corrected chi connectivity index (χ1v) is 6.75. The summed E-state index contributed by atoms with van der Waals surface area (Å²) in [7, 11) is 0. The lowest BCUT2D eigenvalue weighted by Crippen LogP contribution is -2.01. The van der Waals surface area contributed by atoms with Gasteiger partial charge in [-0.05, 0) is 41.1 Å². The maximum absolute atomic E-state index is 13.1. The third kappa shape index (κ3) is 3.92. The van der Waals surface area contributed by atoms with E-state index in [1.165, 1.54) is 12.1 Å². The summed E-state index contributed by atoms with van der Waals surface area (Å²) in [5.74, 6) is 0.993. The lowest BCUT2D eigenvalue weighted by molar-refractivity contribution is 0.302. The van der Waals surface area contributed by atoms with Crippen LogP contribution in [0.5, 0.6) is 5.75 Å². The second kappa shape index (κ2) is 6.52. The van der Waals surface area contributed by atoms with Crippen molar-refractivity contribution in [1.82, 2.24) is 4.98 Å². The third-order valence-corrected chi connectivity index (χ3v) is 3.13. The van der Waals surface area contributed by atoms with Crippen molar-refractivity contribution in [3.63, 3.8) is 0 Å². The number of nitrogens with zero attached hydrogens (tertiary/aromatic N) is 1. The molecule has 0 unspecified atom stereocenters. The van der Waals surface area contributed by atoms with Gasteiger partial charge in [-0.25, -0.2) is 9.37 Å². The second-order valence-corrected chi connectivity index (χ2v) is 4.80. The lowest BCUT2D eigenvalue weighted by atomic mass is 10.3. The molecule has 1 heterocycles. The molecular weight excluding hydrogens is 311 g/mol. The predicted octanol–water partition coefficient (Wildman–Crippen LogP) is 3.99. The zero-order valence-corrected chi connectivity index (χ0v) is 12.1. The van der Waals surface area contributed by atoms with Crippen LogP contribution in [-0.2, 0) is 6.61 Å². The molecule has 0 saturated carbocycles. The Balaban J connectivity index is 2.00. The van der Waals surface area contributed by atoms with Crippen molar-refractivity contribution in [1.29, 1.82) is 0 Å². The molecule has 0 saturated heterocycles. The molecule has 1 aromatic heterocycles. The molecule has 5 heteroatoms. The van der Waals surface area contributed by atoms with E-state index in [2.05, 4.69) is 26.2 Å². The van der Waals surface area contributed by atoms with Crippen LogP contribution in [0, 0.1) is 5.82 Å². The average Bonchev–Trinajstić information content (AvgIpc) is 2.42. The summed E-state index contributed by atoms with van der Waals surface area (Å²) in [5.41, 5.74) is 0.929. The van der Waals surface area contributed by atoms with Crippen molar-refractivity contribution in [3.8, 4) is 5.75 Å². The van der Waals surface area contributed by atoms with Gasteiger partial charge in [0.2, 0.25) is 0 Å². The summed E-state index contributed by atoms with van der Waals surface area (Å²) in [6, 6.07) is 8.17. The van der Waals surface area contributed by atoms with Gasteiger partial charge >= 0.3 is 0 Å². The van der Waals surface area contributed by atoms with Crippen LogP contribution in [0.3, 0.4) is 0 Å². The van der Waals surface area contributed by atoms with Crippen molar-refractivity contribution in [2.45, 2.75) is 13.5 Å². The maximum Gasteiger partial charge on any atom is 0.136 e. The van der Waals surface area contributed by atoms with Gasteiger partial charge in [-0.2, -0.15) is 0 Å². The van der Waals surface area contributed by atoms with Crippen LogP contribution in [0.4, 0.5) is 10.2 Å². The standard InChI is InChI=1S/C14H14BrFN2O/c1-2-17-14-6-3-10(8-18-14)9-19-13-7-11(16)4-5-12(13)15/h3-8H,2,9H2,1H3,(H,17,18). The monoisotopic (exact) mass is 324 g/mol. The molecule has 1 N–H and O–H groups in total. The summed E-state index contributed by atoms with van der Waals surface area (Å²) in [6.45, 7) is 3.20. The van der Waals surface area contributed by atoms with Crippen molar-refractivity contribution in [2.75, 3.05) is 11.9 Å². The molecule has 2 rings (SSSR count). The van der Waals surface area contributed by atoms with Crippen LogP contribution in [0.25, 0.3) is 0 Å². The summed E-state index contributed by atoms with van der Waals surface area (Å²) < 4.78 is 19.4. The Kier molecular flexibility index (Phi) is 4.74. The molecule has 100 valence electrons. The summed E-state index contributed by atoms with van der Waals surface area (Å²) in [6.07, 6.45) is 1.74. The zero-order valence-electron chi connectivity index (χ0n) is 10.5. The Morgan fingerprint density at radius 1 is 1.32 bits per heavy atom. The van der Waals surface area contributed by atoms with Gasteiger partial charge in [0, 0.05) is 24.4 Å². The van der Waals surface area contributed by atoms with E-state index >= 15 is 0 Å². The number of halogens is 2. The Hall–Kier alpha value is -1.62. The lowest BCUT2D eigenvalue weighted by Gasteiger charge is -2.09. The van der Waals surface area contributed by atoms with Gasteiger partial charge in [-0.15, -0.1) is 0 Å². The molecule has 0 aliphatic carbocycles. The summed E-state index contributed by atoms with van der Waals surface area (Å²) in [4.78, 5) is 4.24. The molecule has 0 spiro atoms. The average molecular weight is 325 g/mol. The summed E-state index contributed by atoms with van der Waals surface area (Å²) in [5, 5.41) is 3.12. The normalized spacial score (nSPS) is 10.3. The van der Waals surface area contributed by atoms with Gasteiger partial charge in [-0.1, -0.05) is 6.07 Å². The van der Waals surface area contributed by atoms with Crippen molar-refractivity contribution in [3.05, 3.63) is 52.4 Å². The van der Waals surface area contributed by atoms with Crippen LogP contribution in [0.15, 0.2) is 41.0 Å². The minimum atomic E-state index is -0.321. The summed E-state index contributed by atoms with van der Waals surface area (Å²) >= 11 is 3.32. The van der Waals surface area contributed by atoms with Crippen LogP contribution in [0.1, 0.15) is 12.5 Å². The first-order valence-electron chi connectivity index (χ1n) is 5.95. The first-order chi connectivity index (χ1) is 9.19. The third-order valence-electron chi connectivity index (χ3n) is 2.47. The number of hydrogen-bond acceptors (Lipinski definition) is 3. The molecule has 0 fully saturated rings. The number of ether oxygens (including phenoxy) is 1. The Bertz CT molecular complexity index is 546. The van der Waals surface area contributed by atoms with Crippen molar-refractivity contribution < 1.29 is 9.13 Å². The number of aromatic nitrogens is 1. The minimum absolute atomic E-state index is 0.321. The van der Waals surface area contributed by atoms with Gasteiger partial charge < -0.3 is 10.1 Å². The van der Waals surface area contributed by atoms with Crippen LogP contribution in [-0.4, -0.2) is 11.5 Å². The highest BCUT2D eigenvalue weighted by molar-refractivity contribution is 9.10. The van der Waals surface area contributed by atoms with Gasteiger partial charge in [0.05, 0.1) is 4.47 Å². The van der Waals surface area contributed by atoms with E-state index in [-0.39, 0.29) is 5.82 Å². The van der Waals surface area contributed by atoms with E-state index in [4.69, 9.17) is 4.74 Å². The largest absolute Gasteiger partial charge is 0.488 e. The minimum Gasteiger partial charge on any atom is -0.488 e. The number of anilines is 1. The maximum atomic E-state index is 13.1. The van der Waals surface area contributed by atoms with E-state index in [1.807, 2.05) is 19.1 Å². The SMILES string of the molecule is CCNc1ccc(COc2cc(F)ccc2Br)cn1. The highest BCUT2D eigenvalue weighted by Gasteiger charge is 2.03. The molecule has 0 bridgehead atoms. The number of benzene rings is 1. The molecular formula is C14H14BrFN2O. The number of hydrogen-bond donors (Lipinski definition) is 1. The number of nitrogens with one attached hydrogen (secondary N) is 1. The Morgan fingerprint density at radius 3 is 2.84 bits per heavy atom. The first kappa shape index (κ1) is 13.8. The van der Waals surface area contributed by atoms with E-state index in [0.29, 0.717) is 12.4 Å². The fourth-order valence-corrected chi connectivity index (χ4v) is 1.91. The Labute approximate surface area is 119 Å². The molecule has 0 amide bonds. The fraction of sp³-hybridized carbons (Fsp3) is 0.214. The molecule has 0 aliphatic heterocycles. The van der Waals surface area contributed by atoms with Gasteiger partial charge in [0.15, 0.2) is 0 Å². The highest BCUT2D eigenvalue weighted by atomic mass is 79.9. The molecule has 3 nitrogen and oxygen atoms in total. The van der Waals surface area contributed by atoms with Gasteiger partial charge in [0.1, 0.15) is 24.0 Å². The second-order valence-electron chi connectivity index (χ2n) is 3.95. The van der Waals surface area contributed by atoms with Crippen molar-refractivity contribution in [2.24, 2.45) is 0 Å². The molecule has 0 radical (unpaired) electrons. The van der Waals surface area contributed by atoms with E-state index in [1.54, 1.807) is 12.3 Å². The van der Waals surface area contributed by atoms with E-state index in [0.717, 1.165) is 22.4 Å². The Morgan fingerprint density at radius 2 is 2.16 bits per heavy atom. The predicted molar refractivity (Wildman–Crippen MR) is 76.8 cm³/mol. The number of rotatable bonds is 5. The highest BCUT2D eigenvalue weighted by Crippen LogP contribution is 2.26. The number of pyridine rings is 1. The molecule has 19 heavy (non-hydrogen) atoms. The van der Waals surface area contributed by atoms with Gasteiger partial charge in [0.25, 0.3) is 0 Å². The smallest absolute Gasteiger partial charge is 0.136 e. The van der Waals surface area contributed by atoms with E-state index in [9.17, 15) is 4.39 Å². The molecule has 0 aliphatic rings. The van der Waals surface area contributed by atoms with Gasteiger partial charge in [-0.3, -0.25) is 0 Å². The fourth-order valence-electron chi connectivity index (χ4n) is 1.54. The quantitative estimate of drug-likeness (QED) is 0.902.